The van der Waals surface area contributed by atoms with Crippen molar-refractivity contribution >= 4 is 23.1 Å². The zero-order chi connectivity index (χ0) is 12.3. The largest absolute Gasteiger partial charge is 0.326 e. The molecule has 0 radical (unpaired) electrons. The summed E-state index contributed by atoms with van der Waals surface area (Å²) in [6.07, 6.45) is 0. The highest BCUT2D eigenvalue weighted by molar-refractivity contribution is 7.98. The standard InChI is InChI=1S/C13H16N2S2/c1-9-5-3-4-6-11(9)16-8-13-15-10(2)12(7-14)17-13/h3-6H,7-8,14H2,1-2H3. The number of hydrogen-bond donors (Lipinski definition) is 1. The third-order valence-electron chi connectivity index (χ3n) is 2.57. The maximum atomic E-state index is 5.66. The number of benzene rings is 1. The lowest BCUT2D eigenvalue weighted by Crippen LogP contribution is -1.94. The maximum absolute atomic E-state index is 5.66. The highest BCUT2D eigenvalue weighted by atomic mass is 32.2. The van der Waals surface area contributed by atoms with Crippen LogP contribution >= 0.6 is 23.1 Å². The van der Waals surface area contributed by atoms with Crippen LogP contribution in [0.25, 0.3) is 0 Å². The van der Waals surface area contributed by atoms with E-state index in [1.54, 1.807) is 11.3 Å². The first-order valence-electron chi connectivity index (χ1n) is 5.54. The quantitative estimate of drug-likeness (QED) is 0.859. The fourth-order valence-electron chi connectivity index (χ4n) is 1.60. The van der Waals surface area contributed by atoms with Crippen molar-refractivity contribution in [2.75, 3.05) is 0 Å². The minimum Gasteiger partial charge on any atom is -0.326 e. The van der Waals surface area contributed by atoms with Crippen LogP contribution in [0.5, 0.6) is 0 Å². The summed E-state index contributed by atoms with van der Waals surface area (Å²) >= 11 is 3.57. The topological polar surface area (TPSA) is 38.9 Å². The smallest absolute Gasteiger partial charge is 0.103 e. The first kappa shape index (κ1) is 12.6. The van der Waals surface area contributed by atoms with Gasteiger partial charge in [-0.1, -0.05) is 18.2 Å². The van der Waals surface area contributed by atoms with E-state index in [4.69, 9.17) is 5.73 Å². The number of thioether (sulfide) groups is 1. The predicted octanol–water partition coefficient (Wildman–Crippen LogP) is 3.51. The SMILES string of the molecule is Cc1ccccc1SCc1nc(C)c(CN)s1. The van der Waals surface area contributed by atoms with E-state index in [1.165, 1.54) is 15.3 Å². The average Bonchev–Trinajstić information content (AvgIpc) is 2.69. The highest BCUT2D eigenvalue weighted by Crippen LogP contribution is 2.28. The Kier molecular flexibility index (Phi) is 4.20. The number of aromatic nitrogens is 1. The highest BCUT2D eigenvalue weighted by Gasteiger charge is 2.07. The summed E-state index contributed by atoms with van der Waals surface area (Å²) in [5.74, 6) is 0.927. The van der Waals surface area contributed by atoms with E-state index < -0.39 is 0 Å². The number of hydrogen-bond acceptors (Lipinski definition) is 4. The van der Waals surface area contributed by atoms with Crippen LogP contribution in [0.4, 0.5) is 0 Å². The lowest BCUT2D eigenvalue weighted by Gasteiger charge is -2.02. The molecular weight excluding hydrogens is 248 g/mol. The minimum absolute atomic E-state index is 0.596. The van der Waals surface area contributed by atoms with Gasteiger partial charge in [0, 0.05) is 16.3 Å². The molecule has 0 saturated heterocycles. The van der Waals surface area contributed by atoms with Crippen LogP contribution in [0.3, 0.4) is 0 Å². The molecule has 0 amide bonds. The number of aryl methyl sites for hydroxylation is 2. The fraction of sp³-hybridized carbons (Fsp3) is 0.308. The van der Waals surface area contributed by atoms with E-state index in [0.29, 0.717) is 6.54 Å². The molecule has 2 nitrogen and oxygen atoms in total. The Balaban J connectivity index is 2.05. The second-order valence-electron chi connectivity index (χ2n) is 3.87. The van der Waals surface area contributed by atoms with Crippen LogP contribution in [0.1, 0.15) is 21.1 Å². The van der Waals surface area contributed by atoms with Crippen molar-refractivity contribution in [1.29, 1.82) is 0 Å². The summed E-state index contributed by atoms with van der Waals surface area (Å²) in [6.45, 7) is 4.76. The van der Waals surface area contributed by atoms with Crippen LogP contribution in [0, 0.1) is 13.8 Å². The number of nitrogens with two attached hydrogens (primary N) is 1. The van der Waals surface area contributed by atoms with Gasteiger partial charge in [-0.2, -0.15) is 0 Å². The van der Waals surface area contributed by atoms with Gasteiger partial charge in [-0.25, -0.2) is 4.98 Å². The molecule has 4 heteroatoms. The second-order valence-corrected chi connectivity index (χ2v) is 6.06. The lowest BCUT2D eigenvalue weighted by atomic mass is 10.2. The molecule has 2 rings (SSSR count). The molecule has 0 saturated carbocycles. The normalized spacial score (nSPS) is 10.8. The Morgan fingerprint density at radius 2 is 2.06 bits per heavy atom. The zero-order valence-electron chi connectivity index (χ0n) is 10.1. The van der Waals surface area contributed by atoms with Gasteiger partial charge in [-0.3, -0.25) is 0 Å². The third-order valence-corrected chi connectivity index (χ3v) is 5.12. The fourth-order valence-corrected chi connectivity index (χ4v) is 3.57. The van der Waals surface area contributed by atoms with Gasteiger partial charge in [-0.05, 0) is 25.5 Å². The van der Waals surface area contributed by atoms with Crippen LogP contribution in [0.2, 0.25) is 0 Å². The zero-order valence-corrected chi connectivity index (χ0v) is 11.7. The van der Waals surface area contributed by atoms with E-state index in [1.807, 2.05) is 18.7 Å². The number of thiazole rings is 1. The molecule has 17 heavy (non-hydrogen) atoms. The Morgan fingerprint density at radius 1 is 1.29 bits per heavy atom. The van der Waals surface area contributed by atoms with E-state index in [-0.39, 0.29) is 0 Å². The van der Waals surface area contributed by atoms with Gasteiger partial charge < -0.3 is 5.73 Å². The Bertz CT molecular complexity index is 506. The van der Waals surface area contributed by atoms with Gasteiger partial charge in [0.05, 0.1) is 11.4 Å². The Morgan fingerprint density at radius 3 is 2.71 bits per heavy atom. The van der Waals surface area contributed by atoms with Crippen LogP contribution in [-0.4, -0.2) is 4.98 Å². The molecule has 1 aromatic carbocycles. The predicted molar refractivity (Wildman–Crippen MR) is 75.5 cm³/mol. The van der Waals surface area contributed by atoms with Crippen molar-refractivity contribution < 1.29 is 0 Å². The molecule has 0 aliphatic rings. The number of rotatable bonds is 4. The summed E-state index contributed by atoms with van der Waals surface area (Å²) in [7, 11) is 0. The molecule has 0 fully saturated rings. The number of nitrogens with zero attached hydrogens (tertiary/aromatic N) is 1. The van der Waals surface area contributed by atoms with E-state index in [9.17, 15) is 0 Å². The molecule has 2 aromatic rings. The van der Waals surface area contributed by atoms with Gasteiger partial charge in [0.25, 0.3) is 0 Å². The van der Waals surface area contributed by atoms with Crippen molar-refractivity contribution in [3.05, 3.63) is 45.4 Å². The first-order chi connectivity index (χ1) is 8.20. The van der Waals surface area contributed by atoms with Gasteiger partial charge >= 0.3 is 0 Å². The summed E-state index contributed by atoms with van der Waals surface area (Å²) in [5, 5.41) is 1.16. The molecule has 1 heterocycles. The van der Waals surface area contributed by atoms with Gasteiger partial charge in [0.2, 0.25) is 0 Å². The summed E-state index contributed by atoms with van der Waals surface area (Å²) in [5.41, 5.74) is 8.06. The monoisotopic (exact) mass is 264 g/mol. The van der Waals surface area contributed by atoms with E-state index >= 15 is 0 Å². The summed E-state index contributed by atoms with van der Waals surface area (Å²) in [6, 6.07) is 8.44. The molecule has 0 unspecified atom stereocenters. The molecule has 0 atom stereocenters. The van der Waals surface area contributed by atoms with Crippen molar-refractivity contribution in [1.82, 2.24) is 4.98 Å². The Hall–Kier alpha value is -0.840. The summed E-state index contributed by atoms with van der Waals surface area (Å²) in [4.78, 5) is 7.07. The van der Waals surface area contributed by atoms with Crippen molar-refractivity contribution in [3.8, 4) is 0 Å². The van der Waals surface area contributed by atoms with Crippen molar-refractivity contribution in [2.45, 2.75) is 31.0 Å². The average molecular weight is 264 g/mol. The van der Waals surface area contributed by atoms with Crippen LogP contribution in [-0.2, 0) is 12.3 Å². The first-order valence-corrected chi connectivity index (χ1v) is 7.34. The van der Waals surface area contributed by atoms with Gasteiger partial charge in [-0.15, -0.1) is 23.1 Å². The summed E-state index contributed by atoms with van der Waals surface area (Å²) < 4.78 is 0. The lowest BCUT2D eigenvalue weighted by molar-refractivity contribution is 1.05. The molecule has 0 aliphatic carbocycles. The molecule has 1 aromatic heterocycles. The van der Waals surface area contributed by atoms with Gasteiger partial charge in [0.1, 0.15) is 5.01 Å². The third kappa shape index (κ3) is 3.09. The van der Waals surface area contributed by atoms with E-state index in [0.717, 1.165) is 16.5 Å². The van der Waals surface area contributed by atoms with Gasteiger partial charge in [0.15, 0.2) is 0 Å². The van der Waals surface area contributed by atoms with Crippen LogP contribution < -0.4 is 5.73 Å². The maximum Gasteiger partial charge on any atom is 0.103 e. The Labute approximate surface area is 110 Å². The van der Waals surface area contributed by atoms with Crippen molar-refractivity contribution in [2.24, 2.45) is 5.73 Å². The molecule has 90 valence electrons. The van der Waals surface area contributed by atoms with Crippen molar-refractivity contribution in [3.63, 3.8) is 0 Å². The molecule has 2 N–H and O–H groups in total. The molecular formula is C13H16N2S2. The molecule has 0 spiro atoms. The molecule has 0 bridgehead atoms. The van der Waals surface area contributed by atoms with E-state index in [2.05, 4.69) is 36.2 Å². The minimum atomic E-state index is 0.596. The van der Waals surface area contributed by atoms with Crippen LogP contribution in [0.15, 0.2) is 29.2 Å². The molecule has 0 aliphatic heterocycles. The second kappa shape index (κ2) is 5.67.